The van der Waals surface area contributed by atoms with Crippen LogP contribution in [0.1, 0.15) is 10.5 Å². The van der Waals surface area contributed by atoms with Crippen molar-refractivity contribution in [2.24, 2.45) is 0 Å². The van der Waals surface area contributed by atoms with Gasteiger partial charge >= 0.3 is 0 Å². The molecule has 1 aromatic heterocycles. The summed E-state index contributed by atoms with van der Waals surface area (Å²) in [5.41, 5.74) is -0.403. The first-order valence-corrected chi connectivity index (χ1v) is 6.40. The standard InChI is InChI=1S/C15H14FN3O3/c1-3-8-17-15(21)14-12(20)9-13(22-2)19(18-14)11-6-4-10(16)5-7-11/h3-7,9H,1,8H2,2H3,(H,17,21). The Morgan fingerprint density at radius 2 is 2.14 bits per heavy atom. The summed E-state index contributed by atoms with van der Waals surface area (Å²) in [4.78, 5) is 23.9. The topological polar surface area (TPSA) is 73.2 Å². The summed E-state index contributed by atoms with van der Waals surface area (Å²) in [5.74, 6) is -0.895. The number of carbonyl (C=O) groups is 1. The zero-order valence-electron chi connectivity index (χ0n) is 11.9. The molecule has 114 valence electrons. The van der Waals surface area contributed by atoms with Crippen LogP contribution in [0.25, 0.3) is 5.69 Å². The molecule has 0 bridgehead atoms. The maximum atomic E-state index is 13.0. The molecule has 6 nitrogen and oxygen atoms in total. The predicted molar refractivity (Wildman–Crippen MR) is 78.9 cm³/mol. The molecule has 2 rings (SSSR count). The molecule has 1 N–H and O–H groups in total. The molecule has 22 heavy (non-hydrogen) atoms. The van der Waals surface area contributed by atoms with Gasteiger partial charge in [0.1, 0.15) is 5.82 Å². The fraction of sp³-hybridized carbons (Fsp3) is 0.133. The Morgan fingerprint density at radius 3 is 2.73 bits per heavy atom. The highest BCUT2D eigenvalue weighted by molar-refractivity contribution is 5.92. The van der Waals surface area contributed by atoms with Crippen LogP contribution in [0.2, 0.25) is 0 Å². The van der Waals surface area contributed by atoms with Crippen molar-refractivity contribution in [2.45, 2.75) is 0 Å². The predicted octanol–water partition coefficient (Wildman–Crippen LogP) is 1.30. The van der Waals surface area contributed by atoms with Gasteiger partial charge in [-0.25, -0.2) is 9.07 Å². The number of hydrogen-bond donors (Lipinski definition) is 1. The molecule has 1 aromatic carbocycles. The molecule has 2 aromatic rings. The number of carbonyl (C=O) groups excluding carboxylic acids is 1. The van der Waals surface area contributed by atoms with E-state index in [1.807, 2.05) is 0 Å². The maximum absolute atomic E-state index is 13.0. The second-order valence-electron chi connectivity index (χ2n) is 4.29. The van der Waals surface area contributed by atoms with Crippen LogP contribution in [0.4, 0.5) is 4.39 Å². The molecule has 1 heterocycles. The molecule has 0 aliphatic carbocycles. The number of amides is 1. The van der Waals surface area contributed by atoms with Crippen molar-refractivity contribution in [3.63, 3.8) is 0 Å². The van der Waals surface area contributed by atoms with Crippen LogP contribution >= 0.6 is 0 Å². The average molecular weight is 303 g/mol. The van der Waals surface area contributed by atoms with Crippen LogP contribution in [0.3, 0.4) is 0 Å². The van der Waals surface area contributed by atoms with Gasteiger partial charge in [0.15, 0.2) is 5.69 Å². The Bertz CT molecular complexity index is 754. The molecule has 1 amide bonds. The van der Waals surface area contributed by atoms with Crippen molar-refractivity contribution in [2.75, 3.05) is 13.7 Å². The van der Waals surface area contributed by atoms with E-state index in [2.05, 4.69) is 17.0 Å². The number of hydrogen-bond acceptors (Lipinski definition) is 4. The summed E-state index contributed by atoms with van der Waals surface area (Å²) < 4.78 is 19.4. The van der Waals surface area contributed by atoms with Crippen molar-refractivity contribution >= 4 is 5.91 Å². The summed E-state index contributed by atoms with van der Waals surface area (Å²) in [6.45, 7) is 3.69. The van der Waals surface area contributed by atoms with Gasteiger partial charge in [-0.2, -0.15) is 5.10 Å². The van der Waals surface area contributed by atoms with Gasteiger partial charge in [-0.05, 0) is 24.3 Å². The van der Waals surface area contributed by atoms with E-state index >= 15 is 0 Å². The second-order valence-corrected chi connectivity index (χ2v) is 4.29. The molecule has 0 aliphatic rings. The van der Waals surface area contributed by atoms with Gasteiger partial charge in [0.05, 0.1) is 18.9 Å². The van der Waals surface area contributed by atoms with Gasteiger partial charge in [0.25, 0.3) is 5.91 Å². The molecule has 0 radical (unpaired) electrons. The maximum Gasteiger partial charge on any atom is 0.276 e. The highest BCUT2D eigenvalue weighted by atomic mass is 19.1. The van der Waals surface area contributed by atoms with Crippen LogP contribution in [0.15, 0.2) is 47.8 Å². The summed E-state index contributed by atoms with van der Waals surface area (Å²) in [7, 11) is 1.37. The molecule has 7 heteroatoms. The monoisotopic (exact) mass is 303 g/mol. The average Bonchev–Trinajstić information content (AvgIpc) is 2.53. The first-order chi connectivity index (χ1) is 10.6. The van der Waals surface area contributed by atoms with E-state index in [-0.39, 0.29) is 18.1 Å². The SMILES string of the molecule is C=CCNC(=O)c1nn(-c2ccc(F)cc2)c(OC)cc1=O. The third-order valence-electron chi connectivity index (χ3n) is 2.80. The van der Waals surface area contributed by atoms with Gasteiger partial charge in [0.2, 0.25) is 11.3 Å². The molecular formula is C15H14FN3O3. The molecular weight excluding hydrogens is 289 g/mol. The molecule has 0 saturated carbocycles. The van der Waals surface area contributed by atoms with E-state index in [1.54, 1.807) is 0 Å². The van der Waals surface area contributed by atoms with Gasteiger partial charge < -0.3 is 10.1 Å². The van der Waals surface area contributed by atoms with Gasteiger partial charge in [0, 0.05) is 6.54 Å². The molecule has 0 atom stereocenters. The Morgan fingerprint density at radius 1 is 1.45 bits per heavy atom. The third-order valence-corrected chi connectivity index (χ3v) is 2.80. The van der Waals surface area contributed by atoms with Crippen molar-refractivity contribution in [3.05, 3.63) is 64.7 Å². The number of rotatable bonds is 5. The van der Waals surface area contributed by atoms with E-state index in [0.717, 1.165) is 6.07 Å². The number of benzene rings is 1. The lowest BCUT2D eigenvalue weighted by Gasteiger charge is -2.12. The minimum Gasteiger partial charge on any atom is -0.481 e. The Hall–Kier alpha value is -2.96. The summed E-state index contributed by atoms with van der Waals surface area (Å²) in [5, 5.41) is 6.49. The summed E-state index contributed by atoms with van der Waals surface area (Å²) >= 11 is 0. The first kappa shape index (κ1) is 15.4. The number of nitrogens with zero attached hydrogens (tertiary/aromatic N) is 2. The first-order valence-electron chi connectivity index (χ1n) is 6.40. The van der Waals surface area contributed by atoms with Gasteiger partial charge in [-0.1, -0.05) is 6.08 Å². The van der Waals surface area contributed by atoms with E-state index in [1.165, 1.54) is 42.1 Å². The van der Waals surface area contributed by atoms with Crippen LogP contribution in [0, 0.1) is 5.82 Å². The van der Waals surface area contributed by atoms with E-state index < -0.39 is 17.2 Å². The Labute approximate surface area is 125 Å². The normalized spacial score (nSPS) is 10.1. The lowest BCUT2D eigenvalue weighted by Crippen LogP contribution is -2.31. The Balaban J connectivity index is 2.52. The molecule has 0 aliphatic heterocycles. The highest BCUT2D eigenvalue weighted by Crippen LogP contribution is 2.15. The van der Waals surface area contributed by atoms with Crippen LogP contribution < -0.4 is 15.5 Å². The van der Waals surface area contributed by atoms with Gasteiger partial charge in [-0.3, -0.25) is 9.59 Å². The van der Waals surface area contributed by atoms with Gasteiger partial charge in [-0.15, -0.1) is 6.58 Å². The lowest BCUT2D eigenvalue weighted by atomic mass is 10.3. The van der Waals surface area contributed by atoms with Crippen molar-refractivity contribution in [1.29, 1.82) is 0 Å². The fourth-order valence-corrected chi connectivity index (χ4v) is 1.76. The Kier molecular flexibility index (Phi) is 4.67. The number of ether oxygens (including phenoxy) is 1. The zero-order valence-corrected chi connectivity index (χ0v) is 11.9. The number of halogens is 1. The van der Waals surface area contributed by atoms with Crippen molar-refractivity contribution in [3.8, 4) is 11.6 Å². The summed E-state index contributed by atoms with van der Waals surface area (Å²) in [6.07, 6.45) is 1.49. The molecule has 0 fully saturated rings. The fourth-order valence-electron chi connectivity index (χ4n) is 1.76. The minimum absolute atomic E-state index is 0.136. The number of aromatic nitrogens is 2. The minimum atomic E-state index is -0.622. The van der Waals surface area contributed by atoms with Crippen molar-refractivity contribution in [1.82, 2.24) is 15.1 Å². The quantitative estimate of drug-likeness (QED) is 0.845. The van der Waals surface area contributed by atoms with E-state index in [4.69, 9.17) is 4.74 Å². The second kappa shape index (κ2) is 6.66. The largest absolute Gasteiger partial charge is 0.481 e. The number of nitrogens with one attached hydrogen (secondary N) is 1. The van der Waals surface area contributed by atoms with Crippen LogP contribution in [-0.2, 0) is 0 Å². The zero-order chi connectivity index (χ0) is 16.1. The van der Waals surface area contributed by atoms with Crippen molar-refractivity contribution < 1.29 is 13.9 Å². The van der Waals surface area contributed by atoms with Crippen LogP contribution in [-0.4, -0.2) is 29.3 Å². The molecule has 0 spiro atoms. The summed E-state index contributed by atoms with van der Waals surface area (Å²) in [6, 6.07) is 6.55. The third kappa shape index (κ3) is 3.20. The van der Waals surface area contributed by atoms with E-state index in [0.29, 0.717) is 5.69 Å². The van der Waals surface area contributed by atoms with E-state index in [9.17, 15) is 14.0 Å². The highest BCUT2D eigenvalue weighted by Gasteiger charge is 2.16. The molecule has 0 saturated heterocycles. The number of methoxy groups -OCH3 is 1. The lowest BCUT2D eigenvalue weighted by molar-refractivity contribution is 0.0950. The van der Waals surface area contributed by atoms with Crippen LogP contribution in [0.5, 0.6) is 5.88 Å². The molecule has 0 unspecified atom stereocenters. The smallest absolute Gasteiger partial charge is 0.276 e.